The number of carbonyl (C=O) groups excluding carboxylic acids is 2. The zero-order chi connectivity index (χ0) is 18.7. The van der Waals surface area contributed by atoms with Crippen LogP contribution in [0.15, 0.2) is 24.3 Å². The molecule has 3 rings (SSSR count). The van der Waals surface area contributed by atoms with Gasteiger partial charge in [0.05, 0.1) is 6.54 Å². The van der Waals surface area contributed by atoms with E-state index in [1.54, 1.807) is 24.3 Å². The van der Waals surface area contributed by atoms with Crippen LogP contribution in [0.4, 0.5) is 22.4 Å². The molecule has 3 amide bonds. The average molecular weight is 376 g/mol. The van der Waals surface area contributed by atoms with Crippen LogP contribution in [0.1, 0.15) is 25.6 Å². The average Bonchev–Trinajstić information content (AvgIpc) is 2.84. The van der Waals surface area contributed by atoms with E-state index in [-0.39, 0.29) is 30.2 Å². The summed E-state index contributed by atoms with van der Waals surface area (Å²) in [6, 6.07) is 5.99. The van der Waals surface area contributed by atoms with Gasteiger partial charge in [-0.2, -0.15) is 15.0 Å². The van der Waals surface area contributed by atoms with Crippen LogP contribution in [-0.2, 0) is 11.3 Å². The van der Waals surface area contributed by atoms with Crippen molar-refractivity contribution in [2.75, 3.05) is 11.1 Å². The highest BCUT2D eigenvalue weighted by molar-refractivity contribution is 6.30. The highest BCUT2D eigenvalue weighted by atomic mass is 35.5. The Balaban J connectivity index is 1.76. The Morgan fingerprint density at radius 1 is 1.23 bits per heavy atom. The molecule has 1 aliphatic heterocycles. The van der Waals surface area contributed by atoms with Crippen molar-refractivity contribution in [1.82, 2.24) is 25.2 Å². The number of carbonyl (C=O) groups is 2. The third kappa shape index (κ3) is 3.99. The molecule has 136 valence electrons. The van der Waals surface area contributed by atoms with Crippen molar-refractivity contribution in [2.24, 2.45) is 0 Å². The molecule has 0 spiro atoms. The van der Waals surface area contributed by atoms with Gasteiger partial charge in [-0.1, -0.05) is 24.9 Å². The van der Waals surface area contributed by atoms with Crippen molar-refractivity contribution in [1.29, 1.82) is 0 Å². The second-order valence-corrected chi connectivity index (χ2v) is 6.22. The van der Waals surface area contributed by atoms with Gasteiger partial charge in [0.1, 0.15) is 6.04 Å². The fraction of sp³-hybridized carbons (Fsp3) is 0.312. The van der Waals surface area contributed by atoms with Crippen molar-refractivity contribution in [3.63, 3.8) is 0 Å². The van der Waals surface area contributed by atoms with Crippen LogP contribution in [0.3, 0.4) is 0 Å². The molecule has 4 N–H and O–H groups in total. The van der Waals surface area contributed by atoms with Crippen molar-refractivity contribution < 1.29 is 9.59 Å². The largest absolute Gasteiger partial charge is 0.368 e. The Labute approximate surface area is 155 Å². The molecule has 0 saturated carbocycles. The van der Waals surface area contributed by atoms with Crippen LogP contribution >= 0.6 is 11.6 Å². The maximum absolute atomic E-state index is 12.3. The number of urea groups is 1. The Hall–Kier alpha value is -2.94. The van der Waals surface area contributed by atoms with Crippen molar-refractivity contribution in [2.45, 2.75) is 32.4 Å². The Morgan fingerprint density at radius 2 is 1.96 bits per heavy atom. The normalized spacial score (nSPS) is 16.7. The minimum atomic E-state index is -0.502. The number of halogens is 1. The summed E-state index contributed by atoms with van der Waals surface area (Å²) in [5.41, 5.74) is 6.44. The molecule has 26 heavy (non-hydrogen) atoms. The SMILES string of the molecule is CCC[C@@H]1NC(=O)N(Cc2nc(N)nc(Nc3ccc(Cl)cc3)n2)C1=O. The quantitative estimate of drug-likeness (QED) is 0.659. The van der Waals surface area contributed by atoms with E-state index in [0.717, 1.165) is 11.3 Å². The fourth-order valence-corrected chi connectivity index (χ4v) is 2.71. The highest BCUT2D eigenvalue weighted by Crippen LogP contribution is 2.18. The number of nitrogens with two attached hydrogens (primary N) is 1. The van der Waals surface area contributed by atoms with Crippen LogP contribution in [0, 0.1) is 0 Å². The smallest absolute Gasteiger partial charge is 0.325 e. The number of nitrogens with zero attached hydrogens (tertiary/aromatic N) is 4. The standard InChI is InChI=1S/C16H18ClN7O2/c1-2-3-11-13(25)24(16(26)20-11)8-12-21-14(18)23-15(22-12)19-10-6-4-9(17)5-7-10/h4-7,11H,2-3,8H2,1H3,(H,20,26)(H3,18,19,21,22,23)/t11-/m0/s1. The molecule has 9 nitrogen and oxygen atoms in total. The molecule has 1 saturated heterocycles. The number of amides is 3. The predicted octanol–water partition coefficient (Wildman–Crippen LogP) is 2.07. The molecule has 1 atom stereocenters. The Bertz CT molecular complexity index is 828. The van der Waals surface area contributed by atoms with Gasteiger partial charge in [0, 0.05) is 10.7 Å². The Kier molecular flexibility index (Phi) is 5.17. The summed E-state index contributed by atoms with van der Waals surface area (Å²) in [7, 11) is 0. The lowest BCUT2D eigenvalue weighted by Crippen LogP contribution is -2.32. The van der Waals surface area contributed by atoms with E-state index in [1.807, 2.05) is 6.92 Å². The number of imide groups is 1. The fourth-order valence-electron chi connectivity index (χ4n) is 2.58. The third-order valence-electron chi connectivity index (χ3n) is 3.78. The van der Waals surface area contributed by atoms with Gasteiger partial charge >= 0.3 is 6.03 Å². The first-order chi connectivity index (χ1) is 12.5. The summed E-state index contributed by atoms with van der Waals surface area (Å²) in [4.78, 5) is 37.7. The van der Waals surface area contributed by atoms with Crippen molar-refractivity contribution in [3.8, 4) is 0 Å². The second-order valence-electron chi connectivity index (χ2n) is 5.78. The maximum atomic E-state index is 12.3. The van der Waals surface area contributed by atoms with Gasteiger partial charge in [-0.25, -0.2) is 4.79 Å². The molecule has 0 unspecified atom stereocenters. The van der Waals surface area contributed by atoms with Gasteiger partial charge in [0.2, 0.25) is 11.9 Å². The minimum Gasteiger partial charge on any atom is -0.368 e. The zero-order valence-electron chi connectivity index (χ0n) is 14.1. The lowest BCUT2D eigenvalue weighted by molar-refractivity contribution is -0.128. The molecule has 1 fully saturated rings. The molecule has 10 heteroatoms. The summed E-state index contributed by atoms with van der Waals surface area (Å²) in [5, 5.41) is 6.24. The van der Waals surface area contributed by atoms with E-state index in [0.29, 0.717) is 17.1 Å². The van der Waals surface area contributed by atoms with E-state index in [1.165, 1.54) is 0 Å². The van der Waals surface area contributed by atoms with Gasteiger partial charge in [-0.05, 0) is 30.7 Å². The molecule has 2 heterocycles. The van der Waals surface area contributed by atoms with Gasteiger partial charge in [-0.3, -0.25) is 9.69 Å². The van der Waals surface area contributed by atoms with Crippen LogP contribution in [-0.4, -0.2) is 37.8 Å². The number of nitrogen functional groups attached to an aromatic ring is 1. The molecule has 0 bridgehead atoms. The van der Waals surface area contributed by atoms with E-state index in [2.05, 4.69) is 25.6 Å². The number of hydrogen-bond donors (Lipinski definition) is 3. The van der Waals surface area contributed by atoms with Crippen molar-refractivity contribution >= 4 is 41.1 Å². The second kappa shape index (κ2) is 7.52. The number of hydrogen-bond acceptors (Lipinski definition) is 7. The Morgan fingerprint density at radius 3 is 2.65 bits per heavy atom. The third-order valence-corrected chi connectivity index (χ3v) is 4.04. The number of aromatic nitrogens is 3. The molecule has 1 aromatic heterocycles. The molecule has 1 aliphatic rings. The first-order valence-corrected chi connectivity index (χ1v) is 8.49. The van der Waals surface area contributed by atoms with Crippen LogP contribution in [0.25, 0.3) is 0 Å². The van der Waals surface area contributed by atoms with Crippen molar-refractivity contribution in [3.05, 3.63) is 35.1 Å². The first kappa shape index (κ1) is 17.9. The maximum Gasteiger partial charge on any atom is 0.325 e. The number of rotatable bonds is 6. The topological polar surface area (TPSA) is 126 Å². The highest BCUT2D eigenvalue weighted by Gasteiger charge is 2.37. The first-order valence-electron chi connectivity index (χ1n) is 8.11. The number of benzene rings is 1. The van der Waals surface area contributed by atoms with Gasteiger partial charge in [0.25, 0.3) is 5.91 Å². The molecular formula is C16H18ClN7O2. The lowest BCUT2D eigenvalue weighted by Gasteiger charge is -2.13. The van der Waals surface area contributed by atoms with Gasteiger partial charge < -0.3 is 16.4 Å². The van der Waals surface area contributed by atoms with Gasteiger partial charge in [-0.15, -0.1) is 0 Å². The lowest BCUT2D eigenvalue weighted by atomic mass is 10.2. The minimum absolute atomic E-state index is 0.0105. The van der Waals surface area contributed by atoms with E-state index < -0.39 is 12.1 Å². The zero-order valence-corrected chi connectivity index (χ0v) is 14.8. The van der Waals surface area contributed by atoms with Gasteiger partial charge in [0.15, 0.2) is 5.82 Å². The summed E-state index contributed by atoms with van der Waals surface area (Å²) in [6.07, 6.45) is 1.38. The summed E-state index contributed by atoms with van der Waals surface area (Å²) >= 11 is 5.86. The summed E-state index contributed by atoms with van der Waals surface area (Å²) < 4.78 is 0. The van der Waals surface area contributed by atoms with E-state index in [4.69, 9.17) is 17.3 Å². The van der Waals surface area contributed by atoms with Crippen LogP contribution < -0.4 is 16.4 Å². The predicted molar refractivity (Wildman–Crippen MR) is 96.8 cm³/mol. The number of nitrogens with one attached hydrogen (secondary N) is 2. The molecule has 0 aliphatic carbocycles. The monoisotopic (exact) mass is 375 g/mol. The van der Waals surface area contributed by atoms with Crippen LogP contribution in [0.2, 0.25) is 5.02 Å². The van der Waals surface area contributed by atoms with E-state index >= 15 is 0 Å². The summed E-state index contributed by atoms with van der Waals surface area (Å²) in [5.74, 6) is 0.133. The van der Waals surface area contributed by atoms with E-state index in [9.17, 15) is 9.59 Å². The molecule has 1 aromatic carbocycles. The summed E-state index contributed by atoms with van der Waals surface area (Å²) in [6.45, 7) is 1.87. The van der Waals surface area contributed by atoms with Crippen LogP contribution in [0.5, 0.6) is 0 Å². The molecule has 0 radical (unpaired) electrons. The number of anilines is 3. The molecule has 2 aromatic rings. The molecular weight excluding hydrogens is 358 g/mol.